The van der Waals surface area contributed by atoms with Gasteiger partial charge >= 0.3 is 6.03 Å². The van der Waals surface area contributed by atoms with Crippen LogP contribution in [0.5, 0.6) is 5.75 Å². The molecule has 1 heterocycles. The maximum Gasteiger partial charge on any atom is 0.315 e. The predicted molar refractivity (Wildman–Crippen MR) is 117 cm³/mol. The van der Waals surface area contributed by atoms with Crippen LogP contribution in [0.15, 0.2) is 48.5 Å². The van der Waals surface area contributed by atoms with E-state index < -0.39 is 0 Å². The average molecular weight is 410 g/mol. The van der Waals surface area contributed by atoms with Gasteiger partial charge in [-0.05, 0) is 56.0 Å². The van der Waals surface area contributed by atoms with E-state index in [1.54, 1.807) is 0 Å². The molecule has 3 rings (SSSR count). The Balaban J connectivity index is 1.48. The number of carbonyl (C=O) groups excluding carboxylic acids is 2. The van der Waals surface area contributed by atoms with Crippen molar-refractivity contribution in [3.63, 3.8) is 0 Å². The fourth-order valence-corrected chi connectivity index (χ4v) is 3.55. The van der Waals surface area contributed by atoms with Crippen LogP contribution < -0.4 is 15.4 Å². The number of urea groups is 1. The fraction of sp³-hybridized carbons (Fsp3) is 0.417. The Morgan fingerprint density at radius 1 is 1.10 bits per heavy atom. The van der Waals surface area contributed by atoms with Crippen LogP contribution in [0.4, 0.5) is 4.79 Å². The van der Waals surface area contributed by atoms with Crippen molar-refractivity contribution in [1.29, 1.82) is 0 Å². The SMILES string of the molecule is CC(C)Oc1ccc(C(C)NC(=O)NCc2cccc(CN3CCCC3=O)c2)cc1. The summed E-state index contributed by atoms with van der Waals surface area (Å²) in [7, 11) is 0. The third-order valence-corrected chi connectivity index (χ3v) is 5.09. The molecule has 160 valence electrons. The molecular formula is C24H31N3O3. The van der Waals surface area contributed by atoms with Crippen LogP contribution in [-0.2, 0) is 17.9 Å². The Hall–Kier alpha value is -3.02. The predicted octanol–water partition coefficient (Wildman–Crippen LogP) is 4.16. The largest absolute Gasteiger partial charge is 0.491 e. The molecule has 6 heteroatoms. The summed E-state index contributed by atoms with van der Waals surface area (Å²) in [6.07, 6.45) is 1.71. The first kappa shape index (κ1) is 21.7. The second-order valence-corrected chi connectivity index (χ2v) is 8.02. The van der Waals surface area contributed by atoms with Crippen molar-refractivity contribution in [2.45, 2.75) is 58.8 Å². The van der Waals surface area contributed by atoms with Gasteiger partial charge in [-0.15, -0.1) is 0 Å². The quantitative estimate of drug-likeness (QED) is 0.688. The number of hydrogen-bond acceptors (Lipinski definition) is 3. The molecule has 0 aromatic heterocycles. The van der Waals surface area contributed by atoms with Crippen molar-refractivity contribution in [3.05, 3.63) is 65.2 Å². The minimum atomic E-state index is -0.217. The molecule has 1 unspecified atom stereocenters. The van der Waals surface area contributed by atoms with E-state index >= 15 is 0 Å². The smallest absolute Gasteiger partial charge is 0.315 e. The lowest BCUT2D eigenvalue weighted by Gasteiger charge is -2.17. The molecule has 3 amide bonds. The van der Waals surface area contributed by atoms with Crippen molar-refractivity contribution in [2.24, 2.45) is 0 Å². The maximum atomic E-state index is 12.3. The van der Waals surface area contributed by atoms with Crippen molar-refractivity contribution < 1.29 is 14.3 Å². The van der Waals surface area contributed by atoms with Gasteiger partial charge < -0.3 is 20.3 Å². The Morgan fingerprint density at radius 3 is 2.50 bits per heavy atom. The standard InChI is InChI=1S/C24H31N3O3/c1-17(2)30-22-11-9-21(10-12-22)18(3)26-24(29)25-15-19-6-4-7-20(14-19)16-27-13-5-8-23(27)28/h4,6-7,9-12,14,17-18H,5,8,13,15-16H2,1-3H3,(H2,25,26,29). The van der Waals surface area contributed by atoms with E-state index in [1.807, 2.05) is 74.2 Å². The maximum absolute atomic E-state index is 12.3. The highest BCUT2D eigenvalue weighted by Gasteiger charge is 2.20. The normalized spacial score (nSPS) is 14.7. The lowest BCUT2D eigenvalue weighted by Crippen LogP contribution is -2.36. The summed E-state index contributed by atoms with van der Waals surface area (Å²) in [5, 5.41) is 5.87. The minimum Gasteiger partial charge on any atom is -0.491 e. The third-order valence-electron chi connectivity index (χ3n) is 5.09. The number of ether oxygens (including phenoxy) is 1. The lowest BCUT2D eigenvalue weighted by molar-refractivity contribution is -0.128. The summed E-state index contributed by atoms with van der Waals surface area (Å²) in [6.45, 7) is 7.82. The van der Waals surface area contributed by atoms with Gasteiger partial charge in [-0.25, -0.2) is 4.79 Å². The van der Waals surface area contributed by atoms with Gasteiger partial charge in [0.25, 0.3) is 0 Å². The van der Waals surface area contributed by atoms with Crippen molar-refractivity contribution in [1.82, 2.24) is 15.5 Å². The third kappa shape index (κ3) is 6.24. The number of rotatable bonds is 8. The first-order valence-corrected chi connectivity index (χ1v) is 10.6. The number of benzene rings is 2. The molecule has 2 aromatic carbocycles. The molecule has 0 radical (unpaired) electrons. The van der Waals surface area contributed by atoms with Gasteiger partial charge in [0.2, 0.25) is 5.91 Å². The van der Waals surface area contributed by atoms with E-state index in [1.165, 1.54) is 0 Å². The van der Waals surface area contributed by atoms with E-state index in [4.69, 9.17) is 4.74 Å². The van der Waals surface area contributed by atoms with Gasteiger partial charge in [-0.3, -0.25) is 4.79 Å². The van der Waals surface area contributed by atoms with Gasteiger partial charge in [0.1, 0.15) is 5.75 Å². The van der Waals surface area contributed by atoms with Crippen LogP contribution in [0, 0.1) is 0 Å². The summed E-state index contributed by atoms with van der Waals surface area (Å²) in [5.41, 5.74) is 3.11. The molecule has 1 atom stereocenters. The highest BCUT2D eigenvalue weighted by Crippen LogP contribution is 2.19. The Labute approximate surface area is 178 Å². The summed E-state index contributed by atoms with van der Waals surface area (Å²) in [6, 6.07) is 15.4. The van der Waals surface area contributed by atoms with Crippen LogP contribution in [0.2, 0.25) is 0 Å². The minimum absolute atomic E-state index is 0.120. The van der Waals surface area contributed by atoms with E-state index in [9.17, 15) is 9.59 Å². The summed E-state index contributed by atoms with van der Waals surface area (Å²) >= 11 is 0. The van der Waals surface area contributed by atoms with E-state index in [0.717, 1.165) is 35.4 Å². The van der Waals surface area contributed by atoms with E-state index in [0.29, 0.717) is 19.5 Å². The second kappa shape index (κ2) is 10.1. The zero-order valence-corrected chi connectivity index (χ0v) is 18.0. The lowest BCUT2D eigenvalue weighted by atomic mass is 10.1. The molecule has 30 heavy (non-hydrogen) atoms. The highest BCUT2D eigenvalue weighted by molar-refractivity contribution is 5.78. The average Bonchev–Trinajstić information content (AvgIpc) is 3.11. The van der Waals surface area contributed by atoms with Crippen LogP contribution in [-0.4, -0.2) is 29.5 Å². The van der Waals surface area contributed by atoms with Crippen LogP contribution >= 0.6 is 0 Å². The number of likely N-dealkylation sites (tertiary alicyclic amines) is 1. The zero-order chi connectivity index (χ0) is 21.5. The molecule has 2 aromatic rings. The zero-order valence-electron chi connectivity index (χ0n) is 18.0. The van der Waals surface area contributed by atoms with Crippen LogP contribution in [0.3, 0.4) is 0 Å². The van der Waals surface area contributed by atoms with Crippen molar-refractivity contribution >= 4 is 11.9 Å². The first-order chi connectivity index (χ1) is 14.4. The van der Waals surface area contributed by atoms with Crippen LogP contribution in [0.1, 0.15) is 56.3 Å². The summed E-state index contributed by atoms with van der Waals surface area (Å²) in [5.74, 6) is 1.04. The summed E-state index contributed by atoms with van der Waals surface area (Å²) in [4.78, 5) is 26.0. The molecule has 0 spiro atoms. The van der Waals surface area contributed by atoms with Crippen molar-refractivity contribution in [2.75, 3.05) is 6.54 Å². The van der Waals surface area contributed by atoms with E-state index in [-0.39, 0.29) is 24.1 Å². The second-order valence-electron chi connectivity index (χ2n) is 8.02. The molecule has 1 saturated heterocycles. The fourth-order valence-electron chi connectivity index (χ4n) is 3.55. The van der Waals surface area contributed by atoms with E-state index in [2.05, 4.69) is 10.6 Å². The number of nitrogens with zero attached hydrogens (tertiary/aromatic N) is 1. The Bertz CT molecular complexity index is 864. The van der Waals surface area contributed by atoms with Gasteiger partial charge in [-0.2, -0.15) is 0 Å². The number of nitrogens with one attached hydrogen (secondary N) is 2. The summed E-state index contributed by atoms with van der Waals surface area (Å²) < 4.78 is 5.65. The highest BCUT2D eigenvalue weighted by atomic mass is 16.5. The monoisotopic (exact) mass is 409 g/mol. The molecule has 1 aliphatic rings. The number of amides is 3. The van der Waals surface area contributed by atoms with Crippen molar-refractivity contribution in [3.8, 4) is 5.75 Å². The molecular weight excluding hydrogens is 378 g/mol. The molecule has 0 saturated carbocycles. The van der Waals surface area contributed by atoms with Gasteiger partial charge in [0, 0.05) is 26.1 Å². The molecule has 0 aliphatic carbocycles. The number of hydrogen-bond donors (Lipinski definition) is 2. The van der Waals surface area contributed by atoms with Gasteiger partial charge in [0.05, 0.1) is 12.1 Å². The molecule has 2 N–H and O–H groups in total. The first-order valence-electron chi connectivity index (χ1n) is 10.6. The Morgan fingerprint density at radius 2 is 1.83 bits per heavy atom. The van der Waals surface area contributed by atoms with Gasteiger partial charge in [0.15, 0.2) is 0 Å². The topological polar surface area (TPSA) is 70.7 Å². The molecule has 6 nitrogen and oxygen atoms in total. The number of carbonyl (C=O) groups is 2. The Kier molecular flexibility index (Phi) is 7.33. The van der Waals surface area contributed by atoms with Gasteiger partial charge in [-0.1, -0.05) is 36.4 Å². The molecule has 0 bridgehead atoms. The molecule has 1 aliphatic heterocycles. The molecule has 1 fully saturated rings. The van der Waals surface area contributed by atoms with Crippen LogP contribution in [0.25, 0.3) is 0 Å².